The van der Waals surface area contributed by atoms with E-state index in [9.17, 15) is 9.90 Å². The van der Waals surface area contributed by atoms with Crippen molar-refractivity contribution in [3.63, 3.8) is 0 Å². The quantitative estimate of drug-likeness (QED) is 0.869. The Hall–Kier alpha value is -1.90. The van der Waals surface area contributed by atoms with Crippen molar-refractivity contribution in [2.24, 2.45) is 5.92 Å². The van der Waals surface area contributed by atoms with Crippen molar-refractivity contribution in [2.75, 3.05) is 19.6 Å². The number of hydrogen-bond acceptors (Lipinski definition) is 4. The summed E-state index contributed by atoms with van der Waals surface area (Å²) in [4.78, 5) is 14.2. The van der Waals surface area contributed by atoms with E-state index >= 15 is 0 Å². The van der Waals surface area contributed by atoms with Gasteiger partial charge in [0.2, 0.25) is 5.91 Å². The summed E-state index contributed by atoms with van der Waals surface area (Å²) in [5.41, 5.74) is 1.42. The highest BCUT2D eigenvalue weighted by Crippen LogP contribution is 2.21. The van der Waals surface area contributed by atoms with Crippen molar-refractivity contribution >= 4 is 5.91 Å². The predicted molar refractivity (Wildman–Crippen MR) is 88.6 cm³/mol. The van der Waals surface area contributed by atoms with E-state index in [1.807, 2.05) is 13.8 Å². The Morgan fingerprint density at radius 1 is 1.35 bits per heavy atom. The molecule has 0 bridgehead atoms. The first-order valence-electron chi connectivity index (χ1n) is 8.20. The van der Waals surface area contributed by atoms with Crippen molar-refractivity contribution in [1.29, 1.82) is 5.26 Å². The van der Waals surface area contributed by atoms with Crippen LogP contribution in [0.1, 0.15) is 43.9 Å². The van der Waals surface area contributed by atoms with Crippen LogP contribution in [0.2, 0.25) is 0 Å². The van der Waals surface area contributed by atoms with Gasteiger partial charge in [-0.15, -0.1) is 0 Å². The lowest BCUT2D eigenvalue weighted by atomic mass is 9.95. The molecule has 1 aromatic carbocycles. The fourth-order valence-corrected chi connectivity index (χ4v) is 2.91. The van der Waals surface area contributed by atoms with Crippen LogP contribution in [0.4, 0.5) is 0 Å². The minimum absolute atomic E-state index is 0.0840. The molecular weight excluding hydrogens is 290 g/mol. The molecule has 0 aliphatic carbocycles. The van der Waals surface area contributed by atoms with Gasteiger partial charge in [-0.2, -0.15) is 5.26 Å². The van der Waals surface area contributed by atoms with Gasteiger partial charge in [-0.3, -0.25) is 4.79 Å². The van der Waals surface area contributed by atoms with Gasteiger partial charge in [-0.05, 0) is 57.5 Å². The molecule has 1 aliphatic rings. The van der Waals surface area contributed by atoms with E-state index in [-0.39, 0.29) is 17.9 Å². The molecule has 1 unspecified atom stereocenters. The van der Waals surface area contributed by atoms with Crippen LogP contribution in [-0.2, 0) is 4.79 Å². The number of β-amino-alcohol motifs (C(OH)–C–C–N with tert-alkyl or cyclic N) is 1. The van der Waals surface area contributed by atoms with Crippen LogP contribution < -0.4 is 5.32 Å². The van der Waals surface area contributed by atoms with Gasteiger partial charge >= 0.3 is 0 Å². The van der Waals surface area contributed by atoms with E-state index in [2.05, 4.69) is 16.3 Å². The Bertz CT molecular complexity index is 555. The number of hydrogen-bond donors (Lipinski definition) is 2. The number of amides is 1. The number of likely N-dealkylation sites (tertiary alicyclic amines) is 1. The van der Waals surface area contributed by atoms with Gasteiger partial charge < -0.3 is 15.3 Å². The van der Waals surface area contributed by atoms with Crippen LogP contribution >= 0.6 is 0 Å². The second-order valence-corrected chi connectivity index (χ2v) is 6.49. The Balaban J connectivity index is 1.81. The highest BCUT2D eigenvalue weighted by Gasteiger charge is 2.26. The second-order valence-electron chi connectivity index (χ2n) is 6.49. The molecule has 1 aliphatic heterocycles. The zero-order chi connectivity index (χ0) is 16.8. The van der Waals surface area contributed by atoms with Gasteiger partial charge in [0.05, 0.1) is 17.7 Å². The van der Waals surface area contributed by atoms with Crippen LogP contribution in [0, 0.1) is 17.2 Å². The van der Waals surface area contributed by atoms with Crippen LogP contribution in [0.5, 0.6) is 0 Å². The molecule has 124 valence electrons. The molecule has 2 N–H and O–H groups in total. The minimum Gasteiger partial charge on any atom is -0.387 e. The number of aliphatic hydroxyl groups excluding tert-OH is 1. The normalized spacial score (nSPS) is 17.7. The number of nitriles is 1. The number of nitrogens with one attached hydrogen (secondary N) is 1. The molecule has 0 spiro atoms. The number of nitrogens with zero attached hydrogens (tertiary/aromatic N) is 2. The van der Waals surface area contributed by atoms with Crippen molar-refractivity contribution in [3.8, 4) is 6.07 Å². The Kier molecular flexibility index (Phi) is 6.14. The van der Waals surface area contributed by atoms with Gasteiger partial charge in [0.1, 0.15) is 0 Å². The molecule has 5 nitrogen and oxygen atoms in total. The Morgan fingerprint density at radius 3 is 2.48 bits per heavy atom. The molecule has 1 heterocycles. The maximum Gasteiger partial charge on any atom is 0.223 e. The summed E-state index contributed by atoms with van der Waals surface area (Å²) >= 11 is 0. The molecule has 23 heavy (non-hydrogen) atoms. The lowest BCUT2D eigenvalue weighted by molar-refractivity contribution is -0.127. The minimum atomic E-state index is -0.566. The van der Waals surface area contributed by atoms with E-state index in [0.29, 0.717) is 12.1 Å². The molecule has 0 radical (unpaired) electrons. The summed E-state index contributed by atoms with van der Waals surface area (Å²) in [5, 5.41) is 22.1. The third kappa shape index (κ3) is 5.05. The van der Waals surface area contributed by atoms with E-state index in [4.69, 9.17) is 5.26 Å². The average molecular weight is 315 g/mol. The van der Waals surface area contributed by atoms with Gasteiger partial charge in [0.15, 0.2) is 0 Å². The lowest BCUT2D eigenvalue weighted by Crippen LogP contribution is -2.43. The first-order valence-corrected chi connectivity index (χ1v) is 8.20. The largest absolute Gasteiger partial charge is 0.387 e. The summed E-state index contributed by atoms with van der Waals surface area (Å²) in [6.07, 6.45) is 1.10. The SMILES string of the molecule is CC(C)NC(=O)C1CCN(CC(O)c2ccc(C#N)cc2)CC1. The molecule has 1 saturated heterocycles. The molecular formula is C18H25N3O2. The van der Waals surface area contributed by atoms with Crippen molar-refractivity contribution in [2.45, 2.75) is 38.8 Å². The van der Waals surface area contributed by atoms with Gasteiger partial charge in [0, 0.05) is 18.5 Å². The van der Waals surface area contributed by atoms with Gasteiger partial charge in [0.25, 0.3) is 0 Å². The first-order chi connectivity index (χ1) is 11.0. The van der Waals surface area contributed by atoms with E-state index in [0.717, 1.165) is 31.5 Å². The smallest absolute Gasteiger partial charge is 0.223 e. The second kappa shape index (κ2) is 8.09. The predicted octanol–water partition coefficient (Wildman–Crippen LogP) is 1.83. The van der Waals surface area contributed by atoms with Crippen molar-refractivity contribution in [1.82, 2.24) is 10.2 Å². The molecule has 0 aromatic heterocycles. The third-order valence-corrected chi connectivity index (χ3v) is 4.24. The Morgan fingerprint density at radius 2 is 1.96 bits per heavy atom. The number of piperidine rings is 1. The average Bonchev–Trinajstić information content (AvgIpc) is 2.55. The number of aliphatic hydroxyl groups is 1. The van der Waals surface area contributed by atoms with Crippen molar-refractivity contribution in [3.05, 3.63) is 35.4 Å². The number of benzene rings is 1. The summed E-state index contributed by atoms with van der Waals surface area (Å²) < 4.78 is 0. The van der Waals surface area contributed by atoms with Gasteiger partial charge in [-0.1, -0.05) is 12.1 Å². The molecule has 2 rings (SSSR count). The van der Waals surface area contributed by atoms with Gasteiger partial charge in [-0.25, -0.2) is 0 Å². The lowest BCUT2D eigenvalue weighted by Gasteiger charge is -2.32. The summed E-state index contributed by atoms with van der Waals surface area (Å²) in [7, 11) is 0. The topological polar surface area (TPSA) is 76.4 Å². The maximum absolute atomic E-state index is 12.0. The Labute approximate surface area is 137 Å². The number of carbonyl (C=O) groups is 1. The summed E-state index contributed by atoms with van der Waals surface area (Å²) in [5.74, 6) is 0.230. The van der Waals surface area contributed by atoms with Crippen LogP contribution in [0.25, 0.3) is 0 Å². The highest BCUT2D eigenvalue weighted by molar-refractivity contribution is 5.78. The molecule has 0 saturated carbocycles. The molecule has 1 amide bonds. The summed E-state index contributed by atoms with van der Waals surface area (Å²) in [6.45, 7) is 6.15. The molecule has 1 aromatic rings. The van der Waals surface area contributed by atoms with Crippen LogP contribution in [0.15, 0.2) is 24.3 Å². The fourth-order valence-electron chi connectivity index (χ4n) is 2.91. The van der Waals surface area contributed by atoms with E-state index in [1.54, 1.807) is 24.3 Å². The number of rotatable bonds is 5. The zero-order valence-electron chi connectivity index (χ0n) is 13.8. The highest BCUT2D eigenvalue weighted by atomic mass is 16.3. The van der Waals surface area contributed by atoms with Crippen LogP contribution in [0.3, 0.4) is 0 Å². The monoisotopic (exact) mass is 315 g/mol. The standard InChI is InChI=1S/C18H25N3O2/c1-13(2)20-18(23)16-7-9-21(10-8-16)12-17(22)15-5-3-14(11-19)4-6-15/h3-6,13,16-17,22H,7-10,12H2,1-2H3,(H,20,23). The van der Waals surface area contributed by atoms with E-state index in [1.165, 1.54) is 0 Å². The van der Waals surface area contributed by atoms with Crippen LogP contribution in [-0.4, -0.2) is 41.6 Å². The van der Waals surface area contributed by atoms with Crippen molar-refractivity contribution < 1.29 is 9.90 Å². The maximum atomic E-state index is 12.0. The number of carbonyl (C=O) groups excluding carboxylic acids is 1. The fraction of sp³-hybridized carbons (Fsp3) is 0.556. The zero-order valence-corrected chi connectivity index (χ0v) is 13.8. The first kappa shape index (κ1) is 17.5. The van der Waals surface area contributed by atoms with E-state index < -0.39 is 6.10 Å². The third-order valence-electron chi connectivity index (χ3n) is 4.24. The molecule has 5 heteroatoms. The summed E-state index contributed by atoms with van der Waals surface area (Å²) in [6, 6.07) is 9.29. The molecule has 1 atom stereocenters. The molecule has 1 fully saturated rings.